The fourth-order valence-electron chi connectivity index (χ4n) is 2.15. The Morgan fingerprint density at radius 3 is 1.65 bits per heavy atom. The maximum Gasteiger partial charge on any atom is 0.472 e. The number of hydrogen-bond acceptors (Lipinski definition) is 3. The fraction of sp³-hybridized carbons (Fsp3) is 1.00. The molecule has 5 heteroatoms. The van der Waals surface area contributed by atoms with E-state index in [0.29, 0.717) is 6.61 Å². The summed E-state index contributed by atoms with van der Waals surface area (Å²) in [5.74, 6) is 0. The second-order valence-electron chi connectivity index (χ2n) is 5.26. The molecule has 122 valence electrons. The Bertz CT molecular complexity index is 246. The monoisotopic (exact) mass is 308 g/mol. The van der Waals surface area contributed by atoms with Gasteiger partial charge in [-0.3, -0.25) is 9.05 Å². The third-order valence-corrected chi connectivity index (χ3v) is 4.39. The molecule has 0 aromatic rings. The molecule has 0 saturated heterocycles. The number of unbranched alkanes of at least 4 members (excludes halogenated alkanes) is 10. The first-order valence-electron chi connectivity index (χ1n) is 8.24. The van der Waals surface area contributed by atoms with E-state index >= 15 is 0 Å². The Morgan fingerprint density at radius 1 is 0.750 bits per heavy atom. The largest absolute Gasteiger partial charge is 0.472 e. The van der Waals surface area contributed by atoms with Gasteiger partial charge in [-0.15, -0.1) is 0 Å². The molecule has 0 aliphatic rings. The highest BCUT2D eigenvalue weighted by atomic mass is 31.2. The van der Waals surface area contributed by atoms with Crippen LogP contribution in [0, 0.1) is 0 Å². The molecule has 1 atom stereocenters. The van der Waals surface area contributed by atoms with Crippen molar-refractivity contribution in [1.29, 1.82) is 0 Å². The summed E-state index contributed by atoms with van der Waals surface area (Å²) in [5, 5.41) is 0. The van der Waals surface area contributed by atoms with Crippen LogP contribution in [0.2, 0.25) is 0 Å². The molecule has 4 nitrogen and oxygen atoms in total. The van der Waals surface area contributed by atoms with Gasteiger partial charge in [-0.25, -0.2) is 4.57 Å². The minimum atomic E-state index is -3.77. The molecule has 0 heterocycles. The lowest BCUT2D eigenvalue weighted by Crippen LogP contribution is -1.96. The van der Waals surface area contributed by atoms with Crippen LogP contribution in [-0.2, 0) is 13.6 Å². The highest BCUT2D eigenvalue weighted by Gasteiger charge is 2.18. The van der Waals surface area contributed by atoms with Crippen molar-refractivity contribution < 1.29 is 18.5 Å². The topological polar surface area (TPSA) is 55.8 Å². The van der Waals surface area contributed by atoms with Gasteiger partial charge in [0.05, 0.1) is 13.2 Å². The van der Waals surface area contributed by atoms with E-state index in [2.05, 4.69) is 11.4 Å². The first kappa shape index (κ1) is 20.1. The highest BCUT2D eigenvalue weighted by Crippen LogP contribution is 2.42. The zero-order valence-electron chi connectivity index (χ0n) is 13.3. The SMILES string of the molecule is CCCCCCCCCCCCCOP(=O)(O)OCC. The molecule has 20 heavy (non-hydrogen) atoms. The van der Waals surface area contributed by atoms with E-state index in [-0.39, 0.29) is 6.61 Å². The third kappa shape index (κ3) is 14.5. The zero-order valence-corrected chi connectivity index (χ0v) is 14.2. The quantitative estimate of drug-likeness (QED) is 0.323. The minimum Gasteiger partial charge on any atom is -0.302 e. The third-order valence-electron chi connectivity index (χ3n) is 3.29. The normalized spacial score (nSPS) is 14.3. The highest BCUT2D eigenvalue weighted by molar-refractivity contribution is 7.47. The number of phosphoric acid groups is 1. The molecule has 0 amide bonds. The molecule has 0 aromatic heterocycles. The second-order valence-corrected chi connectivity index (χ2v) is 6.71. The Kier molecular flexibility index (Phi) is 14.1. The van der Waals surface area contributed by atoms with Crippen LogP contribution in [0.3, 0.4) is 0 Å². The van der Waals surface area contributed by atoms with Crippen molar-refractivity contribution in [3.05, 3.63) is 0 Å². The first-order chi connectivity index (χ1) is 9.62. The van der Waals surface area contributed by atoms with Crippen LogP contribution in [0.4, 0.5) is 0 Å². The van der Waals surface area contributed by atoms with Crippen molar-refractivity contribution >= 4 is 7.82 Å². The minimum absolute atomic E-state index is 0.200. The van der Waals surface area contributed by atoms with E-state index in [4.69, 9.17) is 4.52 Å². The lowest BCUT2D eigenvalue weighted by atomic mass is 10.1. The Labute approximate surface area is 124 Å². The summed E-state index contributed by atoms with van der Waals surface area (Å²) >= 11 is 0. The first-order valence-corrected chi connectivity index (χ1v) is 9.73. The van der Waals surface area contributed by atoms with Crippen molar-refractivity contribution in [3.8, 4) is 0 Å². The van der Waals surface area contributed by atoms with Gasteiger partial charge >= 0.3 is 7.82 Å². The molecular weight excluding hydrogens is 275 g/mol. The molecule has 0 aromatic carbocycles. The second kappa shape index (κ2) is 14.1. The van der Waals surface area contributed by atoms with E-state index in [1.807, 2.05) is 0 Å². The smallest absolute Gasteiger partial charge is 0.302 e. The lowest BCUT2D eigenvalue weighted by Gasteiger charge is -2.10. The zero-order chi connectivity index (χ0) is 15.1. The van der Waals surface area contributed by atoms with Crippen LogP contribution in [0.5, 0.6) is 0 Å². The van der Waals surface area contributed by atoms with Crippen molar-refractivity contribution in [3.63, 3.8) is 0 Å². The molecule has 0 spiro atoms. The number of phosphoric ester groups is 1. The molecule has 0 saturated carbocycles. The lowest BCUT2D eigenvalue weighted by molar-refractivity contribution is 0.153. The molecule has 0 rings (SSSR count). The van der Waals surface area contributed by atoms with Gasteiger partial charge in [0.15, 0.2) is 0 Å². The van der Waals surface area contributed by atoms with Crippen LogP contribution in [0.1, 0.15) is 84.5 Å². The Morgan fingerprint density at radius 2 is 1.20 bits per heavy atom. The molecule has 0 aliphatic heterocycles. The van der Waals surface area contributed by atoms with Gasteiger partial charge in [0, 0.05) is 0 Å². The predicted molar refractivity (Wildman–Crippen MR) is 83.9 cm³/mol. The standard InChI is InChI=1S/C15H33O4P/c1-3-5-6-7-8-9-10-11-12-13-14-15-19-20(16,17)18-4-2/h3-15H2,1-2H3,(H,16,17). The molecular formula is C15H33O4P. The number of rotatable bonds is 15. The average molecular weight is 308 g/mol. The van der Waals surface area contributed by atoms with Crippen molar-refractivity contribution in [1.82, 2.24) is 0 Å². The van der Waals surface area contributed by atoms with Crippen LogP contribution in [0.25, 0.3) is 0 Å². The van der Waals surface area contributed by atoms with Crippen LogP contribution in [-0.4, -0.2) is 18.1 Å². The average Bonchev–Trinajstić information content (AvgIpc) is 2.40. The van der Waals surface area contributed by atoms with Crippen LogP contribution in [0.15, 0.2) is 0 Å². The summed E-state index contributed by atoms with van der Waals surface area (Å²) in [6.45, 7) is 4.43. The maximum absolute atomic E-state index is 11.2. The fourth-order valence-corrected chi connectivity index (χ4v) is 2.91. The Hall–Kier alpha value is 0.110. The predicted octanol–water partition coefficient (Wildman–Crippen LogP) is 5.45. The summed E-state index contributed by atoms with van der Waals surface area (Å²) in [4.78, 5) is 9.19. The maximum atomic E-state index is 11.2. The van der Waals surface area contributed by atoms with E-state index in [1.54, 1.807) is 6.92 Å². The van der Waals surface area contributed by atoms with Gasteiger partial charge in [0.1, 0.15) is 0 Å². The number of hydrogen-bond donors (Lipinski definition) is 1. The van der Waals surface area contributed by atoms with Gasteiger partial charge in [-0.1, -0.05) is 71.1 Å². The van der Waals surface area contributed by atoms with Crippen molar-refractivity contribution in [2.24, 2.45) is 0 Å². The van der Waals surface area contributed by atoms with E-state index in [1.165, 1.54) is 57.8 Å². The van der Waals surface area contributed by atoms with Crippen LogP contribution < -0.4 is 0 Å². The van der Waals surface area contributed by atoms with E-state index in [9.17, 15) is 9.46 Å². The van der Waals surface area contributed by atoms with Gasteiger partial charge in [0.2, 0.25) is 0 Å². The Balaban J connectivity index is 3.15. The van der Waals surface area contributed by atoms with Gasteiger partial charge in [-0.05, 0) is 13.3 Å². The summed E-state index contributed by atoms with van der Waals surface area (Å²) in [6, 6.07) is 0. The van der Waals surface area contributed by atoms with Crippen LogP contribution >= 0.6 is 7.82 Å². The summed E-state index contributed by atoms with van der Waals surface area (Å²) < 4.78 is 20.7. The molecule has 1 unspecified atom stereocenters. The van der Waals surface area contributed by atoms with E-state index in [0.717, 1.165) is 12.8 Å². The van der Waals surface area contributed by atoms with Gasteiger partial charge in [0.25, 0.3) is 0 Å². The van der Waals surface area contributed by atoms with E-state index < -0.39 is 7.82 Å². The molecule has 0 radical (unpaired) electrons. The molecule has 1 N–H and O–H groups in total. The molecule has 0 fully saturated rings. The van der Waals surface area contributed by atoms with Gasteiger partial charge in [-0.2, -0.15) is 0 Å². The van der Waals surface area contributed by atoms with Crippen molar-refractivity contribution in [2.75, 3.05) is 13.2 Å². The van der Waals surface area contributed by atoms with Crippen molar-refractivity contribution in [2.45, 2.75) is 84.5 Å². The summed E-state index contributed by atoms with van der Waals surface area (Å²) in [6.07, 6.45) is 13.8. The van der Waals surface area contributed by atoms with Gasteiger partial charge < -0.3 is 4.89 Å². The summed E-state index contributed by atoms with van der Waals surface area (Å²) in [7, 11) is -3.77. The summed E-state index contributed by atoms with van der Waals surface area (Å²) in [5.41, 5.74) is 0. The molecule has 0 aliphatic carbocycles. The molecule has 0 bridgehead atoms.